The first-order valence-electron chi connectivity index (χ1n) is 10.7. The number of carbonyl (C=O) groups is 2. The maximum absolute atomic E-state index is 13.5. The van der Waals surface area contributed by atoms with E-state index >= 15 is 0 Å². The number of ether oxygens (including phenoxy) is 1. The molecule has 3 heterocycles. The number of nitrogens with one attached hydrogen (secondary N) is 1. The van der Waals surface area contributed by atoms with Gasteiger partial charge in [-0.3, -0.25) is 14.6 Å². The van der Waals surface area contributed by atoms with Gasteiger partial charge in [0, 0.05) is 31.6 Å². The second-order valence-electron chi connectivity index (χ2n) is 8.10. The Labute approximate surface area is 187 Å². The molecule has 2 atom stereocenters. The monoisotopic (exact) mass is 433 g/mol. The number of hydrogen-bond donors (Lipinski definition) is 1. The van der Waals surface area contributed by atoms with Crippen molar-refractivity contribution in [1.29, 1.82) is 0 Å². The Balaban J connectivity index is 1.62. The summed E-state index contributed by atoms with van der Waals surface area (Å²) in [6.45, 7) is 4.41. The molecular formula is C24H27N5O3. The molecule has 32 heavy (non-hydrogen) atoms. The summed E-state index contributed by atoms with van der Waals surface area (Å²) in [5, 5.41) is 7.27. The molecule has 0 spiro atoms. The lowest BCUT2D eigenvalue weighted by atomic mass is 10.1. The van der Waals surface area contributed by atoms with Crippen LogP contribution in [0.5, 0.6) is 5.75 Å². The molecule has 1 aliphatic rings. The van der Waals surface area contributed by atoms with Crippen LogP contribution in [0.2, 0.25) is 0 Å². The number of likely N-dealkylation sites (N-methyl/N-ethyl adjacent to an activating group) is 1. The maximum Gasteiger partial charge on any atom is 0.275 e. The van der Waals surface area contributed by atoms with Gasteiger partial charge in [-0.1, -0.05) is 32.0 Å². The minimum Gasteiger partial charge on any atom is -0.488 e. The minimum atomic E-state index is -0.616. The van der Waals surface area contributed by atoms with Crippen LogP contribution in [0.1, 0.15) is 42.4 Å². The number of rotatable bonds is 6. The second kappa shape index (κ2) is 9.21. The van der Waals surface area contributed by atoms with Crippen molar-refractivity contribution >= 4 is 11.8 Å². The highest BCUT2D eigenvalue weighted by Gasteiger charge is 2.41. The molecule has 8 heteroatoms. The van der Waals surface area contributed by atoms with E-state index in [1.807, 2.05) is 42.5 Å². The van der Waals surface area contributed by atoms with E-state index in [4.69, 9.17) is 4.74 Å². The SMILES string of the molecule is CNC(=O)[C@@H]1C[C@H](Oc2ccccc2)CN1C(=O)c1cc(C(C)C)n(-c2ccncc2)n1. The summed E-state index contributed by atoms with van der Waals surface area (Å²) < 4.78 is 7.81. The molecule has 2 amide bonds. The Morgan fingerprint density at radius 1 is 1.12 bits per heavy atom. The maximum atomic E-state index is 13.5. The molecule has 8 nitrogen and oxygen atoms in total. The van der Waals surface area contributed by atoms with E-state index in [1.165, 1.54) is 0 Å². The van der Waals surface area contributed by atoms with Crippen LogP contribution in [-0.4, -0.2) is 57.2 Å². The Bertz CT molecular complexity index is 1080. The third kappa shape index (κ3) is 4.34. The van der Waals surface area contributed by atoms with Gasteiger partial charge in [0.1, 0.15) is 17.9 Å². The van der Waals surface area contributed by atoms with Crippen LogP contribution >= 0.6 is 0 Å². The Hall–Kier alpha value is -3.68. The smallest absolute Gasteiger partial charge is 0.275 e. The van der Waals surface area contributed by atoms with Gasteiger partial charge in [-0.05, 0) is 36.2 Å². The van der Waals surface area contributed by atoms with Crippen molar-refractivity contribution in [3.8, 4) is 11.4 Å². The standard InChI is InChI=1S/C24H27N5O3/c1-16(2)21-14-20(27-29(21)17-9-11-26-12-10-17)24(31)28-15-19(13-22(28)23(30)25-3)32-18-7-5-4-6-8-18/h4-12,14,16,19,22H,13,15H2,1-3H3,(H,25,30)/t19-,22-/m0/s1. The zero-order chi connectivity index (χ0) is 22.7. The molecule has 0 bridgehead atoms. The molecule has 1 aromatic carbocycles. The average molecular weight is 434 g/mol. The van der Waals surface area contributed by atoms with Gasteiger partial charge in [0.2, 0.25) is 5.91 Å². The summed E-state index contributed by atoms with van der Waals surface area (Å²) in [5.74, 6) is 0.369. The zero-order valence-electron chi connectivity index (χ0n) is 18.4. The van der Waals surface area contributed by atoms with Gasteiger partial charge in [-0.25, -0.2) is 4.68 Å². The molecule has 3 aromatic rings. The summed E-state index contributed by atoms with van der Waals surface area (Å²) >= 11 is 0. The zero-order valence-corrected chi connectivity index (χ0v) is 18.4. The molecular weight excluding hydrogens is 406 g/mol. The van der Waals surface area contributed by atoms with Crippen LogP contribution in [0, 0.1) is 0 Å². The highest BCUT2D eigenvalue weighted by Crippen LogP contribution is 2.27. The summed E-state index contributed by atoms with van der Waals surface area (Å²) in [6, 6.07) is 14.3. The number of nitrogens with zero attached hydrogens (tertiary/aromatic N) is 4. The highest BCUT2D eigenvalue weighted by molar-refractivity contribution is 5.96. The van der Waals surface area contributed by atoms with Crippen LogP contribution in [-0.2, 0) is 4.79 Å². The quantitative estimate of drug-likeness (QED) is 0.646. The third-order valence-corrected chi connectivity index (χ3v) is 5.57. The van der Waals surface area contributed by atoms with Gasteiger partial charge < -0.3 is 15.0 Å². The van der Waals surface area contributed by atoms with Gasteiger partial charge in [-0.15, -0.1) is 0 Å². The van der Waals surface area contributed by atoms with E-state index in [0.717, 1.165) is 11.4 Å². The number of hydrogen-bond acceptors (Lipinski definition) is 5. The van der Waals surface area contributed by atoms with Crippen LogP contribution in [0.3, 0.4) is 0 Å². The predicted octanol–water partition coefficient (Wildman–Crippen LogP) is 2.80. The molecule has 166 valence electrons. The second-order valence-corrected chi connectivity index (χ2v) is 8.10. The van der Waals surface area contributed by atoms with E-state index < -0.39 is 6.04 Å². The normalized spacial score (nSPS) is 18.1. The van der Waals surface area contributed by atoms with E-state index in [-0.39, 0.29) is 23.8 Å². The largest absolute Gasteiger partial charge is 0.488 e. The molecule has 0 unspecified atom stereocenters. The topological polar surface area (TPSA) is 89.4 Å². The van der Waals surface area contributed by atoms with Gasteiger partial charge >= 0.3 is 0 Å². The molecule has 0 aliphatic carbocycles. The molecule has 4 rings (SSSR count). The Kier molecular flexibility index (Phi) is 6.20. The van der Waals surface area contributed by atoms with Crippen molar-refractivity contribution < 1.29 is 14.3 Å². The van der Waals surface area contributed by atoms with E-state index in [0.29, 0.717) is 24.4 Å². The first-order chi connectivity index (χ1) is 15.5. The summed E-state index contributed by atoms with van der Waals surface area (Å²) in [5.41, 5.74) is 2.05. The van der Waals surface area contributed by atoms with Crippen molar-refractivity contribution in [3.63, 3.8) is 0 Å². The van der Waals surface area contributed by atoms with Crippen LogP contribution < -0.4 is 10.1 Å². The van der Waals surface area contributed by atoms with Crippen molar-refractivity contribution in [2.24, 2.45) is 0 Å². The minimum absolute atomic E-state index is 0.152. The first-order valence-corrected chi connectivity index (χ1v) is 10.7. The molecule has 0 radical (unpaired) electrons. The number of para-hydroxylation sites is 1. The third-order valence-electron chi connectivity index (χ3n) is 5.57. The number of carbonyl (C=O) groups excluding carboxylic acids is 2. The average Bonchev–Trinajstić information content (AvgIpc) is 3.44. The fourth-order valence-electron chi connectivity index (χ4n) is 3.96. The first kappa shape index (κ1) is 21.5. The van der Waals surface area contributed by atoms with Crippen molar-refractivity contribution in [2.75, 3.05) is 13.6 Å². The fraction of sp³-hybridized carbons (Fsp3) is 0.333. The van der Waals surface area contributed by atoms with Crippen molar-refractivity contribution in [1.82, 2.24) is 25.0 Å². The van der Waals surface area contributed by atoms with Crippen LogP contribution in [0.25, 0.3) is 5.69 Å². The van der Waals surface area contributed by atoms with Crippen LogP contribution in [0.15, 0.2) is 60.9 Å². The van der Waals surface area contributed by atoms with Crippen molar-refractivity contribution in [3.05, 3.63) is 72.3 Å². The predicted molar refractivity (Wildman–Crippen MR) is 120 cm³/mol. The lowest BCUT2D eigenvalue weighted by molar-refractivity contribution is -0.124. The summed E-state index contributed by atoms with van der Waals surface area (Å²) in [7, 11) is 1.57. The number of likely N-dealkylation sites (tertiary alicyclic amines) is 1. The van der Waals surface area contributed by atoms with E-state index in [2.05, 4.69) is 29.2 Å². The fourth-order valence-corrected chi connectivity index (χ4v) is 3.96. The summed E-state index contributed by atoms with van der Waals surface area (Å²) in [4.78, 5) is 31.7. The number of pyridine rings is 1. The van der Waals surface area contributed by atoms with E-state index in [9.17, 15) is 9.59 Å². The molecule has 2 aromatic heterocycles. The molecule has 1 saturated heterocycles. The van der Waals surface area contributed by atoms with Gasteiger partial charge in [0.25, 0.3) is 5.91 Å². The highest BCUT2D eigenvalue weighted by atomic mass is 16.5. The summed E-state index contributed by atoms with van der Waals surface area (Å²) in [6.07, 6.45) is 3.52. The molecule has 1 fully saturated rings. The molecule has 1 N–H and O–H groups in total. The van der Waals surface area contributed by atoms with Crippen LogP contribution in [0.4, 0.5) is 0 Å². The van der Waals surface area contributed by atoms with Gasteiger partial charge in [0.15, 0.2) is 5.69 Å². The molecule has 0 saturated carbocycles. The molecule has 1 aliphatic heterocycles. The number of amides is 2. The number of benzene rings is 1. The van der Waals surface area contributed by atoms with E-state index in [1.54, 1.807) is 35.1 Å². The Morgan fingerprint density at radius 3 is 2.50 bits per heavy atom. The van der Waals surface area contributed by atoms with Crippen molar-refractivity contribution in [2.45, 2.75) is 38.3 Å². The lowest BCUT2D eigenvalue weighted by Gasteiger charge is -2.21. The Morgan fingerprint density at radius 2 is 1.84 bits per heavy atom. The number of aromatic nitrogens is 3. The lowest BCUT2D eigenvalue weighted by Crippen LogP contribution is -2.45. The van der Waals surface area contributed by atoms with Gasteiger partial charge in [-0.2, -0.15) is 5.10 Å². The van der Waals surface area contributed by atoms with Gasteiger partial charge in [0.05, 0.1) is 12.2 Å².